The van der Waals surface area contributed by atoms with Gasteiger partial charge in [-0.2, -0.15) is 0 Å². The third kappa shape index (κ3) is 2.71. The molecule has 3 heteroatoms. The summed E-state index contributed by atoms with van der Waals surface area (Å²) in [6.45, 7) is 1.93. The van der Waals surface area contributed by atoms with Gasteiger partial charge >= 0.3 is 0 Å². The Morgan fingerprint density at radius 2 is 1.86 bits per heavy atom. The predicted molar refractivity (Wildman–Crippen MR) is 57.3 cm³/mol. The number of nitrogens with one attached hydrogen (secondary N) is 1. The van der Waals surface area contributed by atoms with E-state index in [1.807, 2.05) is 30.3 Å². The minimum absolute atomic E-state index is 0.0521. The van der Waals surface area contributed by atoms with Crippen LogP contribution >= 0.6 is 0 Å². The van der Waals surface area contributed by atoms with Crippen LogP contribution in [0.3, 0.4) is 0 Å². The molecule has 0 unspecified atom stereocenters. The highest BCUT2D eigenvalue weighted by atomic mass is 16.2. The largest absolute Gasteiger partial charge is 0.397 e. The minimum atomic E-state index is -0.0521. The maximum atomic E-state index is 10.8. The Morgan fingerprint density at radius 3 is 2.57 bits per heavy atom. The van der Waals surface area contributed by atoms with Crippen LogP contribution in [0.15, 0.2) is 41.2 Å². The average molecular weight is 191 g/mol. The zero-order valence-electron chi connectivity index (χ0n) is 8.03. The van der Waals surface area contributed by atoms with Gasteiger partial charge in [-0.3, -0.25) is 4.79 Å². The van der Waals surface area contributed by atoms with Crippen LogP contribution in [-0.2, 0) is 0 Å². The van der Waals surface area contributed by atoms with E-state index in [1.165, 1.54) is 6.07 Å². The minimum Gasteiger partial charge on any atom is -0.397 e. The highest BCUT2D eigenvalue weighted by molar-refractivity contribution is 5.77. The second-order valence-electron chi connectivity index (χ2n) is 2.73. The molecule has 1 aromatic heterocycles. The lowest BCUT2D eigenvalue weighted by Gasteiger charge is -1.93. The van der Waals surface area contributed by atoms with E-state index in [4.69, 9.17) is 5.11 Å². The third-order valence-corrected chi connectivity index (χ3v) is 1.63. The van der Waals surface area contributed by atoms with E-state index in [0.29, 0.717) is 0 Å². The molecule has 0 aliphatic heterocycles. The molecular formula is C11H13NO2. The second kappa shape index (κ2) is 5.19. The standard InChI is InChI=1S/C9H7NO.C2H6O/c11-9-6-5-7-3-1-2-4-8(7)10-9;1-2-3/h1-6H,(H,10,11);3H,2H2,1H3. The van der Waals surface area contributed by atoms with Gasteiger partial charge in [0.2, 0.25) is 5.56 Å². The van der Waals surface area contributed by atoms with Gasteiger partial charge in [0.05, 0.1) is 0 Å². The lowest BCUT2D eigenvalue weighted by Crippen LogP contribution is -2.01. The van der Waals surface area contributed by atoms with Gasteiger partial charge in [-0.1, -0.05) is 18.2 Å². The van der Waals surface area contributed by atoms with Crippen molar-refractivity contribution in [1.29, 1.82) is 0 Å². The van der Waals surface area contributed by atoms with Gasteiger partial charge in [0.1, 0.15) is 0 Å². The Hall–Kier alpha value is -1.61. The van der Waals surface area contributed by atoms with E-state index < -0.39 is 0 Å². The molecule has 0 bridgehead atoms. The van der Waals surface area contributed by atoms with Gasteiger partial charge in [0, 0.05) is 18.2 Å². The van der Waals surface area contributed by atoms with Crippen LogP contribution in [0.1, 0.15) is 6.92 Å². The molecule has 1 heterocycles. The van der Waals surface area contributed by atoms with Crippen molar-refractivity contribution in [3.63, 3.8) is 0 Å². The van der Waals surface area contributed by atoms with Crippen molar-refractivity contribution in [3.8, 4) is 0 Å². The van der Waals surface area contributed by atoms with Gasteiger partial charge in [-0.05, 0) is 24.4 Å². The first-order valence-corrected chi connectivity index (χ1v) is 4.47. The smallest absolute Gasteiger partial charge is 0.248 e. The van der Waals surface area contributed by atoms with E-state index >= 15 is 0 Å². The number of aliphatic hydroxyl groups excluding tert-OH is 1. The monoisotopic (exact) mass is 191 g/mol. The first-order valence-electron chi connectivity index (χ1n) is 4.47. The SMILES string of the molecule is CCO.O=c1ccc2ccccc2[nH]1. The van der Waals surface area contributed by atoms with E-state index in [-0.39, 0.29) is 12.2 Å². The molecule has 2 aromatic rings. The number of fused-ring (bicyclic) bond motifs is 1. The quantitative estimate of drug-likeness (QED) is 0.663. The summed E-state index contributed by atoms with van der Waals surface area (Å²) in [6.07, 6.45) is 0. The summed E-state index contributed by atoms with van der Waals surface area (Å²) in [5, 5.41) is 8.63. The van der Waals surface area contributed by atoms with Crippen molar-refractivity contribution >= 4 is 10.9 Å². The summed E-state index contributed by atoms with van der Waals surface area (Å²) in [7, 11) is 0. The van der Waals surface area contributed by atoms with Crippen LogP contribution < -0.4 is 5.56 Å². The van der Waals surface area contributed by atoms with E-state index in [0.717, 1.165) is 10.9 Å². The Morgan fingerprint density at radius 1 is 1.21 bits per heavy atom. The van der Waals surface area contributed by atoms with Crippen LogP contribution in [0.2, 0.25) is 0 Å². The second-order valence-corrected chi connectivity index (χ2v) is 2.73. The molecule has 0 amide bonds. The number of aromatic amines is 1. The zero-order valence-corrected chi connectivity index (χ0v) is 8.03. The number of aliphatic hydroxyl groups is 1. The van der Waals surface area contributed by atoms with Crippen molar-refractivity contribution in [2.45, 2.75) is 6.92 Å². The Balaban J connectivity index is 0.000000293. The van der Waals surface area contributed by atoms with Crippen LogP contribution in [0.4, 0.5) is 0 Å². The summed E-state index contributed by atoms with van der Waals surface area (Å²) in [4.78, 5) is 13.6. The van der Waals surface area contributed by atoms with Crippen molar-refractivity contribution in [3.05, 3.63) is 46.8 Å². The molecule has 74 valence electrons. The summed E-state index contributed by atoms with van der Waals surface area (Å²) >= 11 is 0. The number of hydrogen-bond acceptors (Lipinski definition) is 2. The number of aromatic nitrogens is 1. The molecule has 0 saturated carbocycles. The normalized spacial score (nSPS) is 9.29. The number of rotatable bonds is 0. The van der Waals surface area contributed by atoms with E-state index in [2.05, 4.69) is 4.98 Å². The lowest BCUT2D eigenvalue weighted by atomic mass is 10.2. The molecule has 14 heavy (non-hydrogen) atoms. The van der Waals surface area contributed by atoms with Gasteiger partial charge in [0.25, 0.3) is 0 Å². The van der Waals surface area contributed by atoms with Crippen LogP contribution in [0.25, 0.3) is 10.9 Å². The Labute approximate surface area is 82.0 Å². The van der Waals surface area contributed by atoms with Gasteiger partial charge in [0.15, 0.2) is 0 Å². The predicted octanol–water partition coefficient (Wildman–Crippen LogP) is 1.53. The number of para-hydroxylation sites is 1. The molecule has 2 rings (SSSR count). The average Bonchev–Trinajstić information content (AvgIpc) is 2.19. The maximum absolute atomic E-state index is 10.8. The Kier molecular flexibility index (Phi) is 3.88. The van der Waals surface area contributed by atoms with Crippen molar-refractivity contribution in [2.24, 2.45) is 0 Å². The molecule has 0 aliphatic carbocycles. The molecular weight excluding hydrogens is 178 g/mol. The lowest BCUT2D eigenvalue weighted by molar-refractivity contribution is 0.318. The topological polar surface area (TPSA) is 53.1 Å². The highest BCUT2D eigenvalue weighted by Gasteiger charge is 1.89. The van der Waals surface area contributed by atoms with Crippen molar-refractivity contribution < 1.29 is 5.11 Å². The first-order chi connectivity index (χ1) is 6.77. The van der Waals surface area contributed by atoms with Crippen LogP contribution in [0.5, 0.6) is 0 Å². The van der Waals surface area contributed by atoms with Gasteiger partial charge in [-0.15, -0.1) is 0 Å². The van der Waals surface area contributed by atoms with Crippen molar-refractivity contribution in [2.75, 3.05) is 6.61 Å². The van der Waals surface area contributed by atoms with Crippen molar-refractivity contribution in [1.82, 2.24) is 4.98 Å². The van der Waals surface area contributed by atoms with Gasteiger partial charge < -0.3 is 10.1 Å². The molecule has 0 spiro atoms. The zero-order chi connectivity index (χ0) is 10.4. The fourth-order valence-electron chi connectivity index (χ4n) is 1.10. The summed E-state index contributed by atoms with van der Waals surface area (Å²) < 4.78 is 0. The molecule has 0 aliphatic rings. The summed E-state index contributed by atoms with van der Waals surface area (Å²) in [6, 6.07) is 11.0. The summed E-state index contributed by atoms with van der Waals surface area (Å²) in [5.41, 5.74) is 0.837. The molecule has 0 saturated heterocycles. The van der Waals surface area contributed by atoms with Crippen LogP contribution in [0, 0.1) is 0 Å². The molecule has 0 atom stereocenters. The number of pyridine rings is 1. The maximum Gasteiger partial charge on any atom is 0.248 e. The molecule has 0 radical (unpaired) electrons. The molecule has 0 fully saturated rings. The fourth-order valence-corrected chi connectivity index (χ4v) is 1.10. The first kappa shape index (κ1) is 10.5. The van der Waals surface area contributed by atoms with E-state index in [9.17, 15) is 4.79 Å². The Bertz CT molecular complexity index is 448. The van der Waals surface area contributed by atoms with Gasteiger partial charge in [-0.25, -0.2) is 0 Å². The fraction of sp³-hybridized carbons (Fsp3) is 0.182. The highest BCUT2D eigenvalue weighted by Crippen LogP contribution is 2.06. The molecule has 3 nitrogen and oxygen atoms in total. The van der Waals surface area contributed by atoms with Crippen LogP contribution in [-0.4, -0.2) is 16.7 Å². The molecule has 2 N–H and O–H groups in total. The third-order valence-electron chi connectivity index (χ3n) is 1.63. The number of H-pyrrole nitrogens is 1. The number of hydrogen-bond donors (Lipinski definition) is 2. The number of benzene rings is 1. The van der Waals surface area contributed by atoms with E-state index in [1.54, 1.807) is 6.92 Å². The molecule has 1 aromatic carbocycles. The summed E-state index contributed by atoms with van der Waals surface area (Å²) in [5.74, 6) is 0.